The van der Waals surface area contributed by atoms with Crippen LogP contribution in [-0.2, 0) is 5.75 Å². The molecule has 0 aliphatic heterocycles. The third-order valence-electron chi connectivity index (χ3n) is 5.00. The number of aromatic nitrogens is 3. The zero-order valence-electron chi connectivity index (χ0n) is 15.2. The zero-order chi connectivity index (χ0) is 18.8. The number of nitrogens with zero attached hydrogens (tertiary/aromatic N) is 3. The van der Waals surface area contributed by atoms with Crippen molar-refractivity contribution in [1.82, 2.24) is 15.1 Å². The molecule has 1 aliphatic carbocycles. The van der Waals surface area contributed by atoms with Gasteiger partial charge >= 0.3 is 0 Å². The number of hydrogen-bond donors (Lipinski definition) is 0. The molecular formula is C23H19N3OS. The van der Waals surface area contributed by atoms with Crippen molar-refractivity contribution in [3.8, 4) is 11.4 Å². The molecule has 4 aromatic rings. The minimum absolute atomic E-state index is 0.301. The first-order chi connectivity index (χ1) is 13.9. The van der Waals surface area contributed by atoms with E-state index in [2.05, 4.69) is 51.5 Å². The Morgan fingerprint density at radius 1 is 0.893 bits per heavy atom. The highest BCUT2D eigenvalue weighted by Gasteiger charge is 2.44. The molecule has 1 fully saturated rings. The molecule has 2 aromatic carbocycles. The fourth-order valence-electron chi connectivity index (χ4n) is 3.35. The maximum Gasteiger partial charge on any atom is 0.230 e. The second-order valence-electron chi connectivity index (χ2n) is 6.97. The monoisotopic (exact) mass is 385 g/mol. The van der Waals surface area contributed by atoms with Crippen molar-refractivity contribution >= 4 is 11.8 Å². The van der Waals surface area contributed by atoms with Gasteiger partial charge in [0.1, 0.15) is 0 Å². The average Bonchev–Trinajstić information content (AvgIpc) is 3.41. The molecule has 2 heterocycles. The molecule has 138 valence electrons. The van der Waals surface area contributed by atoms with Crippen LogP contribution in [0.2, 0.25) is 0 Å². The van der Waals surface area contributed by atoms with Crippen LogP contribution in [0.1, 0.15) is 35.3 Å². The first-order valence-electron chi connectivity index (χ1n) is 9.38. The van der Waals surface area contributed by atoms with Crippen LogP contribution in [0.4, 0.5) is 0 Å². The first-order valence-corrected chi connectivity index (χ1v) is 10.4. The van der Waals surface area contributed by atoms with Gasteiger partial charge in [0, 0.05) is 23.4 Å². The fraction of sp³-hybridized carbons (Fsp3) is 0.174. The standard InChI is InChI=1S/C23H19N3OS/c1-3-7-16(8-4-1)15-28-21-12-11-18(14-24-21)19-13-20(19)23-25-22(26-27-23)17-9-5-2-6-10-17/h1-12,14,19-20H,13,15H2. The molecule has 0 bridgehead atoms. The molecule has 1 aliphatic rings. The van der Waals surface area contributed by atoms with Crippen LogP contribution >= 0.6 is 11.8 Å². The lowest BCUT2D eigenvalue weighted by atomic mass is 10.1. The maximum absolute atomic E-state index is 5.52. The molecule has 2 unspecified atom stereocenters. The summed E-state index contributed by atoms with van der Waals surface area (Å²) in [6, 6.07) is 24.7. The lowest BCUT2D eigenvalue weighted by Crippen LogP contribution is -1.88. The van der Waals surface area contributed by atoms with E-state index in [4.69, 9.17) is 4.52 Å². The van der Waals surface area contributed by atoms with E-state index in [0.717, 1.165) is 28.7 Å². The van der Waals surface area contributed by atoms with Gasteiger partial charge in [0.05, 0.1) is 5.03 Å². The summed E-state index contributed by atoms with van der Waals surface area (Å²) in [5, 5.41) is 5.19. The van der Waals surface area contributed by atoms with Gasteiger partial charge in [-0.05, 0) is 29.5 Å². The van der Waals surface area contributed by atoms with Gasteiger partial charge in [0.15, 0.2) is 0 Å². The van der Waals surface area contributed by atoms with Crippen LogP contribution in [0.25, 0.3) is 11.4 Å². The molecule has 0 radical (unpaired) electrons. The lowest BCUT2D eigenvalue weighted by Gasteiger charge is -2.03. The summed E-state index contributed by atoms with van der Waals surface area (Å²) >= 11 is 1.76. The van der Waals surface area contributed by atoms with Crippen molar-refractivity contribution in [3.63, 3.8) is 0 Å². The van der Waals surface area contributed by atoms with E-state index in [1.807, 2.05) is 42.6 Å². The Balaban J connectivity index is 1.22. The first kappa shape index (κ1) is 17.2. The molecule has 1 saturated carbocycles. The third-order valence-corrected chi connectivity index (χ3v) is 6.01. The highest BCUT2D eigenvalue weighted by molar-refractivity contribution is 7.98. The van der Waals surface area contributed by atoms with Crippen LogP contribution in [0.15, 0.2) is 88.5 Å². The number of hydrogen-bond acceptors (Lipinski definition) is 5. The average molecular weight is 385 g/mol. The van der Waals surface area contributed by atoms with E-state index in [9.17, 15) is 0 Å². The van der Waals surface area contributed by atoms with Crippen molar-refractivity contribution in [2.45, 2.75) is 29.0 Å². The summed E-state index contributed by atoms with van der Waals surface area (Å²) in [5.41, 5.74) is 3.54. The Labute approximate surface area is 168 Å². The second kappa shape index (κ2) is 7.60. The van der Waals surface area contributed by atoms with Crippen molar-refractivity contribution in [1.29, 1.82) is 0 Å². The molecule has 2 atom stereocenters. The zero-order valence-corrected chi connectivity index (χ0v) is 16.0. The van der Waals surface area contributed by atoms with Crippen molar-refractivity contribution < 1.29 is 4.52 Å². The normalized spacial score (nSPS) is 18.1. The van der Waals surface area contributed by atoms with E-state index in [1.54, 1.807) is 11.8 Å². The van der Waals surface area contributed by atoms with Gasteiger partial charge in [-0.2, -0.15) is 4.98 Å². The maximum atomic E-state index is 5.52. The van der Waals surface area contributed by atoms with Gasteiger partial charge < -0.3 is 4.52 Å². The molecule has 0 amide bonds. The van der Waals surface area contributed by atoms with Crippen molar-refractivity contribution in [3.05, 3.63) is 96.0 Å². The van der Waals surface area contributed by atoms with Gasteiger partial charge in [-0.1, -0.05) is 71.9 Å². The number of pyridine rings is 1. The number of thioether (sulfide) groups is 1. The van der Waals surface area contributed by atoms with Crippen LogP contribution < -0.4 is 0 Å². The molecule has 28 heavy (non-hydrogen) atoms. The van der Waals surface area contributed by atoms with E-state index in [0.29, 0.717) is 17.7 Å². The molecule has 2 aromatic heterocycles. The highest BCUT2D eigenvalue weighted by atomic mass is 32.2. The van der Waals surface area contributed by atoms with Crippen LogP contribution in [0, 0.1) is 0 Å². The largest absolute Gasteiger partial charge is 0.339 e. The van der Waals surface area contributed by atoms with E-state index < -0.39 is 0 Å². The molecule has 0 N–H and O–H groups in total. The van der Waals surface area contributed by atoms with Crippen molar-refractivity contribution in [2.24, 2.45) is 0 Å². The highest BCUT2D eigenvalue weighted by Crippen LogP contribution is 2.54. The summed E-state index contributed by atoms with van der Waals surface area (Å²) in [7, 11) is 0. The summed E-state index contributed by atoms with van der Waals surface area (Å²) in [6.07, 6.45) is 3.03. The van der Waals surface area contributed by atoms with E-state index >= 15 is 0 Å². The molecule has 0 saturated heterocycles. The number of benzene rings is 2. The molecular weight excluding hydrogens is 366 g/mol. The Kier molecular flexibility index (Phi) is 4.67. The quantitative estimate of drug-likeness (QED) is 0.399. The van der Waals surface area contributed by atoms with Crippen LogP contribution in [0.3, 0.4) is 0 Å². The summed E-state index contributed by atoms with van der Waals surface area (Å²) in [4.78, 5) is 9.23. The summed E-state index contributed by atoms with van der Waals surface area (Å²) in [5.74, 6) is 3.04. The fourth-order valence-corrected chi connectivity index (χ4v) is 4.15. The van der Waals surface area contributed by atoms with Gasteiger partial charge in [-0.15, -0.1) is 11.8 Å². The van der Waals surface area contributed by atoms with Gasteiger partial charge in [0.2, 0.25) is 11.7 Å². The Hall–Kier alpha value is -2.92. The summed E-state index contributed by atoms with van der Waals surface area (Å²) < 4.78 is 5.52. The minimum Gasteiger partial charge on any atom is -0.339 e. The topological polar surface area (TPSA) is 51.8 Å². The molecule has 0 spiro atoms. The molecule has 4 nitrogen and oxygen atoms in total. The number of rotatable bonds is 6. The predicted molar refractivity (Wildman–Crippen MR) is 110 cm³/mol. The third kappa shape index (κ3) is 3.71. The Morgan fingerprint density at radius 2 is 1.68 bits per heavy atom. The summed E-state index contributed by atoms with van der Waals surface area (Å²) in [6.45, 7) is 0. The SMILES string of the molecule is c1ccc(CSc2ccc(C3CC3c3nc(-c4ccccc4)no3)cn2)cc1. The van der Waals surface area contributed by atoms with Crippen LogP contribution in [-0.4, -0.2) is 15.1 Å². The second-order valence-corrected chi connectivity index (χ2v) is 7.97. The Morgan fingerprint density at radius 3 is 2.43 bits per heavy atom. The lowest BCUT2D eigenvalue weighted by molar-refractivity contribution is 0.378. The van der Waals surface area contributed by atoms with Gasteiger partial charge in [-0.25, -0.2) is 4.98 Å². The predicted octanol–water partition coefficient (Wildman–Crippen LogP) is 5.70. The smallest absolute Gasteiger partial charge is 0.230 e. The van der Waals surface area contributed by atoms with E-state index in [-0.39, 0.29) is 0 Å². The van der Waals surface area contributed by atoms with E-state index in [1.165, 1.54) is 11.1 Å². The minimum atomic E-state index is 0.301. The molecule has 5 rings (SSSR count). The van der Waals surface area contributed by atoms with Gasteiger partial charge in [0.25, 0.3) is 0 Å². The van der Waals surface area contributed by atoms with Crippen LogP contribution in [0.5, 0.6) is 0 Å². The Bertz CT molecular complexity index is 1050. The van der Waals surface area contributed by atoms with Gasteiger partial charge in [-0.3, -0.25) is 0 Å². The molecule has 5 heteroatoms. The van der Waals surface area contributed by atoms with Crippen molar-refractivity contribution in [2.75, 3.05) is 0 Å².